The Bertz CT molecular complexity index is 433. The van der Waals surface area contributed by atoms with Crippen LogP contribution in [0.3, 0.4) is 0 Å². The van der Waals surface area contributed by atoms with Crippen molar-refractivity contribution in [3.05, 3.63) is 17.7 Å². The van der Waals surface area contributed by atoms with Gasteiger partial charge in [-0.2, -0.15) is 0 Å². The lowest BCUT2D eigenvalue weighted by Crippen LogP contribution is -2.21. The lowest BCUT2D eigenvalue weighted by Gasteiger charge is -2.23. The van der Waals surface area contributed by atoms with E-state index in [0.717, 1.165) is 17.0 Å². The summed E-state index contributed by atoms with van der Waals surface area (Å²) in [4.78, 5) is 12.6. The normalized spacial score (nSPS) is 13.4. The first-order valence-corrected chi connectivity index (χ1v) is 5.72. The van der Waals surface area contributed by atoms with E-state index in [4.69, 9.17) is 9.47 Å². The Morgan fingerprint density at radius 2 is 1.88 bits per heavy atom. The molecule has 1 aromatic carbocycles. The highest BCUT2D eigenvalue weighted by Gasteiger charge is 2.17. The Balaban J connectivity index is 2.43. The van der Waals surface area contributed by atoms with Crippen LogP contribution in [0.5, 0.6) is 11.5 Å². The maximum absolute atomic E-state index is 11.2. The van der Waals surface area contributed by atoms with Gasteiger partial charge in [0, 0.05) is 29.0 Å². The zero-order chi connectivity index (χ0) is 11.7. The summed E-state index contributed by atoms with van der Waals surface area (Å²) in [5, 5.41) is 0. The zero-order valence-electron chi connectivity index (χ0n) is 9.12. The predicted octanol–water partition coefficient (Wildman–Crippen LogP) is 2.72. The Morgan fingerprint density at radius 3 is 2.44 bits per heavy atom. The number of hydrogen-bond donors (Lipinski definition) is 0. The van der Waals surface area contributed by atoms with Crippen LogP contribution in [0.4, 0.5) is 10.5 Å². The fraction of sp³-hybridized carbons (Fsp3) is 0.364. The van der Waals surface area contributed by atoms with Gasteiger partial charge in [0.25, 0.3) is 4.82 Å². The number of ether oxygens (including phenoxy) is 2. The summed E-state index contributed by atoms with van der Waals surface area (Å²) < 4.78 is 10.9. The van der Waals surface area contributed by atoms with Crippen LogP contribution in [-0.2, 0) is 0 Å². The molecule has 0 aromatic heterocycles. The lowest BCUT2D eigenvalue weighted by molar-refractivity contribution is 0.171. The van der Waals surface area contributed by atoms with E-state index in [-0.39, 0.29) is 4.82 Å². The van der Waals surface area contributed by atoms with Crippen molar-refractivity contribution in [3.63, 3.8) is 0 Å². The summed E-state index contributed by atoms with van der Waals surface area (Å²) in [7, 11) is 1.70. The summed E-state index contributed by atoms with van der Waals surface area (Å²) in [6.07, 6.45) is 0. The first-order chi connectivity index (χ1) is 7.59. The summed E-state index contributed by atoms with van der Waals surface area (Å²) in [6.45, 7) is 3.04. The van der Waals surface area contributed by atoms with Gasteiger partial charge in [-0.15, -0.1) is 0 Å². The molecular weight excluding hydrogens is 274 g/mol. The van der Waals surface area contributed by atoms with Crippen LogP contribution >= 0.6 is 15.9 Å². The Kier molecular flexibility index (Phi) is 3.05. The molecule has 0 bridgehead atoms. The molecule has 0 radical (unpaired) electrons. The van der Waals surface area contributed by atoms with E-state index in [9.17, 15) is 4.79 Å². The van der Waals surface area contributed by atoms with Crippen molar-refractivity contribution in [1.82, 2.24) is 0 Å². The standard InChI is InChI=1S/C11H12BrNO3/c1-7-5-9-10(16-4-3-15-9)6-8(7)13(2)11(12)14/h5-6H,3-4H2,1-2H3. The van der Waals surface area contributed by atoms with E-state index in [1.54, 1.807) is 7.05 Å². The molecule has 1 aliphatic heterocycles. The molecular formula is C11H12BrNO3. The second-order valence-corrected chi connectivity index (χ2v) is 4.27. The van der Waals surface area contributed by atoms with Gasteiger partial charge in [-0.3, -0.25) is 4.79 Å². The molecule has 1 aliphatic rings. The molecule has 1 amide bonds. The van der Waals surface area contributed by atoms with Crippen molar-refractivity contribution >= 4 is 26.4 Å². The Morgan fingerprint density at radius 1 is 1.31 bits per heavy atom. The van der Waals surface area contributed by atoms with Crippen molar-refractivity contribution in [2.75, 3.05) is 25.2 Å². The molecule has 86 valence electrons. The second kappa shape index (κ2) is 4.33. The molecule has 0 saturated carbocycles. The highest BCUT2D eigenvalue weighted by atomic mass is 79.9. The monoisotopic (exact) mass is 285 g/mol. The minimum atomic E-state index is -0.188. The topological polar surface area (TPSA) is 38.8 Å². The number of fused-ring (bicyclic) bond motifs is 1. The number of hydrogen-bond acceptors (Lipinski definition) is 3. The van der Waals surface area contributed by atoms with Gasteiger partial charge in [0.15, 0.2) is 11.5 Å². The first kappa shape index (κ1) is 11.3. The predicted molar refractivity (Wildman–Crippen MR) is 64.9 cm³/mol. The van der Waals surface area contributed by atoms with Gasteiger partial charge < -0.3 is 14.4 Å². The number of anilines is 1. The molecule has 0 aliphatic carbocycles. The highest BCUT2D eigenvalue weighted by molar-refractivity contribution is 9.18. The van der Waals surface area contributed by atoms with Crippen LogP contribution in [0.25, 0.3) is 0 Å². The number of aryl methyl sites for hydroxylation is 1. The maximum Gasteiger partial charge on any atom is 0.293 e. The van der Waals surface area contributed by atoms with Crippen molar-refractivity contribution < 1.29 is 14.3 Å². The molecule has 1 aromatic rings. The van der Waals surface area contributed by atoms with Crippen molar-refractivity contribution in [2.45, 2.75) is 6.92 Å². The summed E-state index contributed by atoms with van der Waals surface area (Å²) >= 11 is 2.92. The lowest BCUT2D eigenvalue weighted by atomic mass is 10.1. The third-order valence-electron chi connectivity index (χ3n) is 2.49. The van der Waals surface area contributed by atoms with Gasteiger partial charge in [-0.25, -0.2) is 0 Å². The SMILES string of the molecule is Cc1cc2c(cc1N(C)C(=O)Br)OCCO2. The third kappa shape index (κ3) is 2.00. The Hall–Kier alpha value is -1.23. The van der Waals surface area contributed by atoms with Crippen molar-refractivity contribution in [3.8, 4) is 11.5 Å². The van der Waals surface area contributed by atoms with E-state index >= 15 is 0 Å². The Labute approximate surface area is 102 Å². The average molecular weight is 286 g/mol. The molecule has 0 fully saturated rings. The maximum atomic E-state index is 11.2. The minimum Gasteiger partial charge on any atom is -0.486 e. The fourth-order valence-electron chi connectivity index (χ4n) is 1.64. The summed E-state index contributed by atoms with van der Waals surface area (Å²) in [5.74, 6) is 1.43. The second-order valence-electron chi connectivity index (χ2n) is 3.59. The molecule has 1 heterocycles. The zero-order valence-corrected chi connectivity index (χ0v) is 10.7. The van der Waals surface area contributed by atoms with Gasteiger partial charge in [-0.05, 0) is 18.6 Å². The summed E-state index contributed by atoms with van der Waals surface area (Å²) in [6, 6.07) is 3.71. The number of halogens is 1. The minimum absolute atomic E-state index is 0.188. The molecule has 0 spiro atoms. The van der Waals surface area contributed by atoms with Crippen LogP contribution in [-0.4, -0.2) is 25.1 Å². The van der Waals surface area contributed by atoms with Crippen LogP contribution in [0.2, 0.25) is 0 Å². The van der Waals surface area contributed by atoms with Crippen LogP contribution in [0, 0.1) is 6.92 Å². The number of benzene rings is 1. The number of carbonyl (C=O) groups excluding carboxylic acids is 1. The molecule has 5 heteroatoms. The molecule has 4 nitrogen and oxygen atoms in total. The fourth-order valence-corrected chi connectivity index (χ4v) is 1.83. The molecule has 0 N–H and O–H groups in total. The smallest absolute Gasteiger partial charge is 0.293 e. The average Bonchev–Trinajstić information content (AvgIpc) is 2.27. The highest BCUT2D eigenvalue weighted by Crippen LogP contribution is 2.36. The van der Waals surface area contributed by atoms with Gasteiger partial charge in [0.05, 0.1) is 5.69 Å². The van der Waals surface area contributed by atoms with E-state index in [2.05, 4.69) is 15.9 Å². The molecule has 0 atom stereocenters. The molecule has 0 unspecified atom stereocenters. The van der Waals surface area contributed by atoms with Crippen LogP contribution < -0.4 is 14.4 Å². The number of rotatable bonds is 1. The van der Waals surface area contributed by atoms with E-state index in [1.165, 1.54) is 4.90 Å². The third-order valence-corrected chi connectivity index (χ3v) is 3.02. The van der Waals surface area contributed by atoms with Crippen LogP contribution in [0.15, 0.2) is 12.1 Å². The van der Waals surface area contributed by atoms with E-state index in [0.29, 0.717) is 19.0 Å². The number of amides is 1. The van der Waals surface area contributed by atoms with Gasteiger partial charge in [-0.1, -0.05) is 0 Å². The van der Waals surface area contributed by atoms with Crippen molar-refractivity contribution in [1.29, 1.82) is 0 Å². The van der Waals surface area contributed by atoms with Gasteiger partial charge >= 0.3 is 0 Å². The molecule has 0 saturated heterocycles. The molecule has 16 heavy (non-hydrogen) atoms. The number of nitrogens with zero attached hydrogens (tertiary/aromatic N) is 1. The van der Waals surface area contributed by atoms with Gasteiger partial charge in [0.2, 0.25) is 0 Å². The van der Waals surface area contributed by atoms with Crippen molar-refractivity contribution in [2.24, 2.45) is 0 Å². The largest absolute Gasteiger partial charge is 0.486 e. The number of carbonyl (C=O) groups is 1. The first-order valence-electron chi connectivity index (χ1n) is 4.93. The summed E-state index contributed by atoms with van der Waals surface area (Å²) in [5.41, 5.74) is 1.78. The van der Waals surface area contributed by atoms with E-state index in [1.807, 2.05) is 19.1 Å². The molecule has 2 rings (SSSR count). The van der Waals surface area contributed by atoms with Gasteiger partial charge in [0.1, 0.15) is 13.2 Å². The quantitative estimate of drug-likeness (QED) is 0.588. The van der Waals surface area contributed by atoms with Crippen LogP contribution in [0.1, 0.15) is 5.56 Å². The van der Waals surface area contributed by atoms with E-state index < -0.39 is 0 Å².